The zero-order chi connectivity index (χ0) is 23.4. The first-order chi connectivity index (χ1) is 15.8. The molecule has 3 aromatic rings. The number of sulfone groups is 1. The van der Waals surface area contributed by atoms with Crippen LogP contribution in [0.2, 0.25) is 0 Å². The van der Waals surface area contributed by atoms with Gasteiger partial charge in [-0.1, -0.05) is 42.5 Å². The third-order valence-corrected chi connectivity index (χ3v) is 6.60. The minimum absolute atomic E-state index is 0.172. The molecule has 0 radical (unpaired) electrons. The van der Waals surface area contributed by atoms with Crippen LogP contribution in [0.4, 0.5) is 0 Å². The molecule has 0 saturated carbocycles. The molecule has 0 saturated heterocycles. The molecule has 1 amide bonds. The van der Waals surface area contributed by atoms with Crippen LogP contribution in [0, 0.1) is 0 Å². The summed E-state index contributed by atoms with van der Waals surface area (Å²) >= 11 is 0. The molecule has 0 bridgehead atoms. The topological polar surface area (TPSA) is 81.7 Å². The smallest absolute Gasteiger partial charge is 0.244 e. The molecule has 7 heteroatoms. The van der Waals surface area contributed by atoms with Crippen LogP contribution >= 0.6 is 0 Å². The second-order valence-corrected chi connectivity index (χ2v) is 9.90. The SMILES string of the molecule is COc1ccc(/C=C/C(=O)NCC2Cc3cccc(-c4ccc(S(C)(=O)=O)cc4)c3O2)cc1. The number of carbonyl (C=O) groups is 1. The zero-order valence-corrected chi connectivity index (χ0v) is 19.3. The number of hydrogen-bond donors (Lipinski definition) is 1. The highest BCUT2D eigenvalue weighted by Gasteiger charge is 2.26. The number of benzene rings is 3. The van der Waals surface area contributed by atoms with Crippen molar-refractivity contribution in [2.45, 2.75) is 17.4 Å². The minimum Gasteiger partial charge on any atom is -0.497 e. The standard InChI is InChI=1S/C26H25NO5S/c1-31-21-11-6-18(7-12-21)8-15-25(28)27-17-22-16-20-4-3-5-24(26(20)32-22)19-9-13-23(14-10-19)33(2,29)30/h3-15,22H,16-17H2,1-2H3,(H,27,28)/b15-8+. The maximum Gasteiger partial charge on any atom is 0.244 e. The van der Waals surface area contributed by atoms with Crippen LogP contribution < -0.4 is 14.8 Å². The summed E-state index contributed by atoms with van der Waals surface area (Å²) in [5.41, 5.74) is 3.75. The third kappa shape index (κ3) is 5.43. The molecule has 0 fully saturated rings. The maximum absolute atomic E-state index is 12.2. The number of fused-ring (bicyclic) bond motifs is 1. The van der Waals surface area contributed by atoms with Crippen molar-refractivity contribution in [2.75, 3.05) is 19.9 Å². The lowest BCUT2D eigenvalue weighted by Gasteiger charge is -2.13. The second-order valence-electron chi connectivity index (χ2n) is 7.89. The fraction of sp³-hybridized carbons (Fsp3) is 0.192. The molecule has 0 aliphatic carbocycles. The van der Waals surface area contributed by atoms with Crippen LogP contribution in [0.5, 0.6) is 11.5 Å². The van der Waals surface area contributed by atoms with E-state index in [4.69, 9.17) is 9.47 Å². The molecule has 3 aromatic carbocycles. The van der Waals surface area contributed by atoms with Crippen molar-refractivity contribution in [3.63, 3.8) is 0 Å². The van der Waals surface area contributed by atoms with E-state index < -0.39 is 9.84 Å². The van der Waals surface area contributed by atoms with Gasteiger partial charge in [0.2, 0.25) is 5.91 Å². The summed E-state index contributed by atoms with van der Waals surface area (Å²) in [6, 6.07) is 20.1. The Kier molecular flexibility index (Phi) is 6.51. The van der Waals surface area contributed by atoms with Gasteiger partial charge in [-0.25, -0.2) is 8.42 Å². The van der Waals surface area contributed by atoms with Crippen molar-refractivity contribution in [3.05, 3.63) is 83.9 Å². The first-order valence-electron chi connectivity index (χ1n) is 10.5. The van der Waals surface area contributed by atoms with Gasteiger partial charge in [-0.2, -0.15) is 0 Å². The molecule has 1 unspecified atom stereocenters. The lowest BCUT2D eigenvalue weighted by Crippen LogP contribution is -2.33. The van der Waals surface area contributed by atoms with E-state index in [0.717, 1.165) is 33.8 Å². The Morgan fingerprint density at radius 3 is 2.48 bits per heavy atom. The molecule has 1 aliphatic heterocycles. The molecule has 1 heterocycles. The Morgan fingerprint density at radius 2 is 1.82 bits per heavy atom. The fourth-order valence-corrected chi connectivity index (χ4v) is 4.35. The monoisotopic (exact) mass is 463 g/mol. The molecule has 0 aromatic heterocycles. The number of hydrogen-bond acceptors (Lipinski definition) is 5. The Morgan fingerprint density at radius 1 is 1.09 bits per heavy atom. The number of rotatable bonds is 7. The van der Waals surface area contributed by atoms with Crippen LogP contribution in [0.25, 0.3) is 17.2 Å². The van der Waals surface area contributed by atoms with Crippen LogP contribution in [-0.4, -0.2) is 40.3 Å². The molecule has 170 valence electrons. The van der Waals surface area contributed by atoms with Gasteiger partial charge in [0.25, 0.3) is 0 Å². The molecule has 4 rings (SSSR count). The summed E-state index contributed by atoms with van der Waals surface area (Å²) in [6.45, 7) is 0.382. The van der Waals surface area contributed by atoms with Gasteiger partial charge in [-0.15, -0.1) is 0 Å². The number of nitrogens with one attached hydrogen (secondary N) is 1. The van der Waals surface area contributed by atoms with Gasteiger partial charge in [0, 0.05) is 24.3 Å². The summed E-state index contributed by atoms with van der Waals surface area (Å²) in [6.07, 6.45) is 4.95. The van der Waals surface area contributed by atoms with Crippen molar-refractivity contribution >= 4 is 21.8 Å². The highest BCUT2D eigenvalue weighted by molar-refractivity contribution is 7.90. The van der Waals surface area contributed by atoms with E-state index in [-0.39, 0.29) is 16.9 Å². The quantitative estimate of drug-likeness (QED) is 0.538. The summed E-state index contributed by atoms with van der Waals surface area (Å²) in [5, 5.41) is 2.89. The van der Waals surface area contributed by atoms with E-state index in [1.165, 1.54) is 12.3 Å². The van der Waals surface area contributed by atoms with Gasteiger partial charge in [0.15, 0.2) is 9.84 Å². The first kappa shape index (κ1) is 22.6. The van der Waals surface area contributed by atoms with Crippen LogP contribution in [-0.2, 0) is 21.1 Å². The fourth-order valence-electron chi connectivity index (χ4n) is 3.72. The Bertz CT molecular complexity index is 1280. The van der Waals surface area contributed by atoms with E-state index in [2.05, 4.69) is 5.32 Å². The number of para-hydroxylation sites is 1. The van der Waals surface area contributed by atoms with Crippen LogP contribution in [0.1, 0.15) is 11.1 Å². The normalized spacial score (nSPS) is 15.2. The van der Waals surface area contributed by atoms with Gasteiger partial charge in [-0.3, -0.25) is 4.79 Å². The van der Waals surface area contributed by atoms with Crippen molar-refractivity contribution in [3.8, 4) is 22.6 Å². The first-order valence-corrected chi connectivity index (χ1v) is 12.4. The van der Waals surface area contributed by atoms with Gasteiger partial charge >= 0.3 is 0 Å². The molecule has 1 aliphatic rings. The average Bonchev–Trinajstić information content (AvgIpc) is 3.24. The van der Waals surface area contributed by atoms with Crippen molar-refractivity contribution in [1.82, 2.24) is 5.32 Å². The molecule has 6 nitrogen and oxygen atoms in total. The molecular formula is C26H25NO5S. The molecule has 1 N–H and O–H groups in total. The lowest BCUT2D eigenvalue weighted by molar-refractivity contribution is -0.116. The largest absolute Gasteiger partial charge is 0.497 e. The predicted molar refractivity (Wildman–Crippen MR) is 128 cm³/mol. The molecule has 0 spiro atoms. The van der Waals surface area contributed by atoms with E-state index in [1.54, 1.807) is 37.5 Å². The predicted octanol–water partition coefficient (Wildman–Crippen LogP) is 3.90. The Labute approximate surface area is 193 Å². The summed E-state index contributed by atoms with van der Waals surface area (Å²) in [4.78, 5) is 12.5. The molecule has 33 heavy (non-hydrogen) atoms. The van der Waals surface area contributed by atoms with Crippen LogP contribution in [0.15, 0.2) is 77.7 Å². The van der Waals surface area contributed by atoms with E-state index in [1.807, 2.05) is 42.5 Å². The Balaban J connectivity index is 1.38. The number of carbonyl (C=O) groups excluding carboxylic acids is 1. The van der Waals surface area contributed by atoms with Gasteiger partial charge in [-0.05, 0) is 47.0 Å². The Hall–Kier alpha value is -3.58. The summed E-state index contributed by atoms with van der Waals surface area (Å²) < 4.78 is 34.7. The third-order valence-electron chi connectivity index (χ3n) is 5.47. The van der Waals surface area contributed by atoms with Crippen molar-refractivity contribution < 1.29 is 22.7 Å². The van der Waals surface area contributed by atoms with Crippen molar-refractivity contribution in [2.24, 2.45) is 0 Å². The zero-order valence-electron chi connectivity index (χ0n) is 18.4. The lowest BCUT2D eigenvalue weighted by atomic mass is 10.0. The molecular weight excluding hydrogens is 438 g/mol. The maximum atomic E-state index is 12.2. The van der Waals surface area contributed by atoms with Crippen molar-refractivity contribution in [1.29, 1.82) is 0 Å². The van der Waals surface area contributed by atoms with Crippen LogP contribution in [0.3, 0.4) is 0 Å². The highest BCUT2D eigenvalue weighted by atomic mass is 32.2. The average molecular weight is 464 g/mol. The molecule has 1 atom stereocenters. The van der Waals surface area contributed by atoms with E-state index in [0.29, 0.717) is 13.0 Å². The number of amides is 1. The summed E-state index contributed by atoms with van der Waals surface area (Å²) in [5.74, 6) is 1.35. The summed E-state index contributed by atoms with van der Waals surface area (Å²) in [7, 11) is -1.64. The van der Waals surface area contributed by atoms with Gasteiger partial charge in [0.1, 0.15) is 17.6 Å². The number of methoxy groups -OCH3 is 1. The van der Waals surface area contributed by atoms with Gasteiger partial charge in [0.05, 0.1) is 18.6 Å². The van der Waals surface area contributed by atoms with Gasteiger partial charge < -0.3 is 14.8 Å². The second kappa shape index (κ2) is 9.50. The van der Waals surface area contributed by atoms with E-state index in [9.17, 15) is 13.2 Å². The minimum atomic E-state index is -3.25. The number of ether oxygens (including phenoxy) is 2. The van der Waals surface area contributed by atoms with E-state index >= 15 is 0 Å². The highest BCUT2D eigenvalue weighted by Crippen LogP contribution is 2.38.